The third-order valence-electron chi connectivity index (χ3n) is 2.89. The van der Waals surface area contributed by atoms with E-state index in [4.69, 9.17) is 16.0 Å². The molecule has 0 aliphatic carbocycles. The van der Waals surface area contributed by atoms with Gasteiger partial charge in [0.05, 0.1) is 15.5 Å². The third kappa shape index (κ3) is 4.14. The number of rotatable bonds is 6. The Labute approximate surface area is 146 Å². The minimum atomic E-state index is -3.35. The lowest BCUT2D eigenvalue weighted by Crippen LogP contribution is -2.08. The average Bonchev–Trinajstić information content (AvgIpc) is 3.18. The molecule has 0 fully saturated rings. The van der Waals surface area contributed by atoms with E-state index in [1.54, 1.807) is 12.1 Å². The van der Waals surface area contributed by atoms with Gasteiger partial charge in [-0.05, 0) is 35.7 Å². The molecule has 3 aromatic rings. The molecule has 0 aliphatic heterocycles. The first kappa shape index (κ1) is 16.5. The molecule has 0 unspecified atom stereocenters. The SMILES string of the molecule is O=S(=O)(CCSc1nnc(-c2cccs2)o1)c1ccc(Cl)cc1. The van der Waals surface area contributed by atoms with Gasteiger partial charge in [-0.1, -0.05) is 29.4 Å². The number of halogens is 1. The molecule has 5 nitrogen and oxygen atoms in total. The zero-order valence-corrected chi connectivity index (χ0v) is 14.9. The van der Waals surface area contributed by atoms with Crippen LogP contribution in [0.4, 0.5) is 0 Å². The molecule has 0 saturated heterocycles. The van der Waals surface area contributed by atoms with Gasteiger partial charge in [-0.15, -0.1) is 21.5 Å². The van der Waals surface area contributed by atoms with Crippen LogP contribution in [0.3, 0.4) is 0 Å². The molecule has 1 aromatic carbocycles. The zero-order valence-electron chi connectivity index (χ0n) is 11.7. The highest BCUT2D eigenvalue weighted by Crippen LogP contribution is 2.27. The lowest BCUT2D eigenvalue weighted by Gasteiger charge is -2.03. The lowest BCUT2D eigenvalue weighted by molar-refractivity contribution is 0.467. The number of sulfone groups is 1. The quantitative estimate of drug-likeness (QED) is 0.596. The number of thioether (sulfide) groups is 1. The molecule has 0 atom stereocenters. The molecule has 120 valence electrons. The van der Waals surface area contributed by atoms with Crippen LogP contribution in [0.5, 0.6) is 0 Å². The Morgan fingerprint density at radius 1 is 1.17 bits per heavy atom. The fourth-order valence-corrected chi connectivity index (χ4v) is 4.95. The van der Waals surface area contributed by atoms with E-state index in [9.17, 15) is 8.42 Å². The molecule has 0 aliphatic rings. The maximum absolute atomic E-state index is 12.2. The summed E-state index contributed by atoms with van der Waals surface area (Å²) in [6.45, 7) is 0. The zero-order chi connectivity index (χ0) is 16.3. The van der Waals surface area contributed by atoms with Gasteiger partial charge in [-0.25, -0.2) is 8.42 Å². The van der Waals surface area contributed by atoms with Crippen LogP contribution in [-0.2, 0) is 9.84 Å². The van der Waals surface area contributed by atoms with E-state index < -0.39 is 9.84 Å². The smallest absolute Gasteiger partial charge is 0.276 e. The van der Waals surface area contributed by atoms with Crippen molar-refractivity contribution in [3.05, 3.63) is 46.8 Å². The van der Waals surface area contributed by atoms with Crippen molar-refractivity contribution in [1.29, 1.82) is 0 Å². The van der Waals surface area contributed by atoms with Crippen LogP contribution in [0, 0.1) is 0 Å². The van der Waals surface area contributed by atoms with Crippen LogP contribution in [0.25, 0.3) is 10.8 Å². The van der Waals surface area contributed by atoms with Gasteiger partial charge < -0.3 is 4.42 Å². The number of thiophene rings is 1. The monoisotopic (exact) mass is 386 g/mol. The minimum absolute atomic E-state index is 0.0178. The third-order valence-corrected chi connectivity index (χ3v) is 6.81. The van der Waals surface area contributed by atoms with E-state index in [0.717, 1.165) is 4.88 Å². The van der Waals surface area contributed by atoms with Crippen LogP contribution in [0.1, 0.15) is 0 Å². The second-order valence-electron chi connectivity index (χ2n) is 4.47. The van der Waals surface area contributed by atoms with E-state index in [-0.39, 0.29) is 10.6 Å². The number of hydrogen-bond acceptors (Lipinski definition) is 7. The predicted octanol–water partition coefficient (Wildman–Crippen LogP) is 4.02. The molecule has 23 heavy (non-hydrogen) atoms. The fourth-order valence-electron chi connectivity index (χ4n) is 1.77. The molecule has 3 rings (SSSR count). The molecule has 0 radical (unpaired) electrons. The molecule has 2 aromatic heterocycles. The number of hydrogen-bond donors (Lipinski definition) is 0. The summed E-state index contributed by atoms with van der Waals surface area (Å²) in [5, 5.41) is 10.7. The fraction of sp³-hybridized carbons (Fsp3) is 0.143. The highest BCUT2D eigenvalue weighted by atomic mass is 35.5. The highest BCUT2D eigenvalue weighted by Gasteiger charge is 2.16. The van der Waals surface area contributed by atoms with Gasteiger partial charge in [0, 0.05) is 10.8 Å². The van der Waals surface area contributed by atoms with E-state index in [2.05, 4.69) is 10.2 Å². The van der Waals surface area contributed by atoms with Crippen molar-refractivity contribution in [2.75, 3.05) is 11.5 Å². The molecule has 0 spiro atoms. The Hall–Kier alpha value is -1.35. The van der Waals surface area contributed by atoms with Gasteiger partial charge in [-0.3, -0.25) is 0 Å². The van der Waals surface area contributed by atoms with Crippen molar-refractivity contribution in [3.63, 3.8) is 0 Å². The number of benzene rings is 1. The Balaban J connectivity index is 1.60. The van der Waals surface area contributed by atoms with E-state index >= 15 is 0 Å². The minimum Gasteiger partial charge on any atom is -0.410 e. The summed E-state index contributed by atoms with van der Waals surface area (Å²) >= 11 is 8.49. The maximum Gasteiger partial charge on any atom is 0.276 e. The molecule has 0 amide bonds. The molecule has 0 bridgehead atoms. The van der Waals surface area contributed by atoms with Crippen molar-refractivity contribution < 1.29 is 12.8 Å². The Bertz CT molecular complexity index is 874. The summed E-state index contributed by atoms with van der Waals surface area (Å²) in [6, 6.07) is 9.92. The summed E-state index contributed by atoms with van der Waals surface area (Å²) in [5.41, 5.74) is 0. The van der Waals surface area contributed by atoms with Gasteiger partial charge in [0.1, 0.15) is 0 Å². The topological polar surface area (TPSA) is 73.1 Å². The van der Waals surface area contributed by atoms with Gasteiger partial charge >= 0.3 is 0 Å². The maximum atomic E-state index is 12.2. The number of aromatic nitrogens is 2. The summed E-state index contributed by atoms with van der Waals surface area (Å²) in [6.07, 6.45) is 0. The van der Waals surface area contributed by atoms with E-state index in [0.29, 0.717) is 21.9 Å². The summed E-state index contributed by atoms with van der Waals surface area (Å²) < 4.78 is 29.9. The molecule has 0 saturated carbocycles. The van der Waals surface area contributed by atoms with Crippen molar-refractivity contribution in [3.8, 4) is 10.8 Å². The Morgan fingerprint density at radius 3 is 2.65 bits per heavy atom. The molecular formula is C14H11ClN2O3S3. The summed E-state index contributed by atoms with van der Waals surface area (Å²) in [4.78, 5) is 1.14. The van der Waals surface area contributed by atoms with Crippen LogP contribution in [0.2, 0.25) is 5.02 Å². The summed E-state index contributed by atoms with van der Waals surface area (Å²) in [5.74, 6) is 0.760. The van der Waals surface area contributed by atoms with E-state index in [1.807, 2.05) is 17.5 Å². The normalized spacial score (nSPS) is 11.7. The van der Waals surface area contributed by atoms with E-state index in [1.165, 1.54) is 35.2 Å². The standard InChI is InChI=1S/C14H11ClN2O3S3/c15-10-3-5-11(6-4-10)23(18,19)9-8-22-14-17-16-13(20-14)12-2-1-7-21-12/h1-7H,8-9H2. The predicted molar refractivity (Wildman–Crippen MR) is 91.8 cm³/mol. The molecule has 2 heterocycles. The lowest BCUT2D eigenvalue weighted by atomic mass is 10.4. The van der Waals surface area contributed by atoms with Gasteiger partial charge in [0.15, 0.2) is 9.84 Å². The first-order valence-electron chi connectivity index (χ1n) is 6.53. The van der Waals surface area contributed by atoms with Gasteiger partial charge in [0.25, 0.3) is 11.1 Å². The second-order valence-corrected chi connectivity index (χ2v) is 9.01. The van der Waals surface area contributed by atoms with Crippen LogP contribution >= 0.6 is 34.7 Å². The van der Waals surface area contributed by atoms with Crippen LogP contribution in [-0.4, -0.2) is 30.1 Å². The van der Waals surface area contributed by atoms with Crippen molar-refractivity contribution in [2.24, 2.45) is 0 Å². The summed E-state index contributed by atoms with van der Waals surface area (Å²) in [7, 11) is -3.35. The second kappa shape index (κ2) is 7.04. The van der Waals surface area contributed by atoms with Gasteiger partial charge in [-0.2, -0.15) is 0 Å². The first-order valence-corrected chi connectivity index (χ1v) is 10.4. The van der Waals surface area contributed by atoms with Crippen molar-refractivity contribution in [1.82, 2.24) is 10.2 Å². The highest BCUT2D eigenvalue weighted by molar-refractivity contribution is 8.00. The first-order chi connectivity index (χ1) is 11.0. The molecule has 9 heteroatoms. The average molecular weight is 387 g/mol. The largest absolute Gasteiger partial charge is 0.410 e. The van der Waals surface area contributed by atoms with Crippen molar-refractivity contribution in [2.45, 2.75) is 10.1 Å². The molecule has 0 N–H and O–H groups in total. The van der Waals surface area contributed by atoms with Crippen LogP contribution in [0.15, 0.2) is 56.3 Å². The molecular weight excluding hydrogens is 376 g/mol. The Morgan fingerprint density at radius 2 is 1.96 bits per heavy atom. The van der Waals surface area contributed by atoms with Crippen LogP contribution < -0.4 is 0 Å². The number of nitrogens with zero attached hydrogens (tertiary/aromatic N) is 2. The Kier molecular flexibility index (Phi) is 5.05. The van der Waals surface area contributed by atoms with Gasteiger partial charge in [0.2, 0.25) is 0 Å². The van der Waals surface area contributed by atoms with Crippen molar-refractivity contribution >= 4 is 44.5 Å².